The zero-order chi connectivity index (χ0) is 31.4. The second-order valence-corrected chi connectivity index (χ2v) is 10.2. The van der Waals surface area contributed by atoms with Crippen LogP contribution in [0.3, 0.4) is 0 Å². The van der Waals surface area contributed by atoms with Gasteiger partial charge in [-0.1, -0.05) is 0 Å². The highest BCUT2D eigenvalue weighted by atomic mass is 16.4. The maximum atomic E-state index is 11.0. The number of carbonyl (C=O) groups is 1. The quantitative estimate of drug-likeness (QED) is 0.0455. The Morgan fingerprint density at radius 1 is 0.571 bits per heavy atom. The van der Waals surface area contributed by atoms with Crippen molar-refractivity contribution < 1.29 is 9.90 Å². The van der Waals surface area contributed by atoms with Crippen molar-refractivity contribution in [3.63, 3.8) is 0 Å². The van der Waals surface area contributed by atoms with E-state index in [2.05, 4.69) is 56.7 Å². The van der Waals surface area contributed by atoms with E-state index >= 15 is 0 Å². The first kappa shape index (κ1) is 39.2. The van der Waals surface area contributed by atoms with Gasteiger partial charge in [-0.25, -0.2) is 0 Å². The van der Waals surface area contributed by atoms with E-state index in [4.69, 9.17) is 5.11 Å². The molecule has 0 saturated heterocycles. The van der Waals surface area contributed by atoms with Crippen LogP contribution in [0.2, 0.25) is 0 Å². The van der Waals surface area contributed by atoms with Crippen LogP contribution in [0.4, 0.5) is 0 Å². The fourth-order valence-corrected chi connectivity index (χ4v) is 4.58. The molecule has 0 aliphatic heterocycles. The molecule has 14 heteroatoms. The van der Waals surface area contributed by atoms with Crippen molar-refractivity contribution in [2.75, 3.05) is 121 Å². The van der Waals surface area contributed by atoms with E-state index in [0.717, 1.165) is 122 Å². The van der Waals surface area contributed by atoms with Crippen molar-refractivity contribution in [3.05, 3.63) is 0 Å². The minimum atomic E-state index is -0.781. The zero-order valence-corrected chi connectivity index (χ0v) is 27.6. The summed E-state index contributed by atoms with van der Waals surface area (Å²) >= 11 is 0. The number of carboxylic acids is 1. The summed E-state index contributed by atoms with van der Waals surface area (Å²) in [6, 6.07) is 0. The average Bonchev–Trinajstić information content (AvgIpc) is 2.98. The van der Waals surface area contributed by atoms with E-state index in [9.17, 15) is 4.79 Å². The summed E-state index contributed by atoms with van der Waals surface area (Å²) in [5.74, 6) is 1.66. The fourth-order valence-electron chi connectivity index (χ4n) is 4.58. The number of rotatable bonds is 23. The van der Waals surface area contributed by atoms with Crippen LogP contribution >= 0.6 is 0 Å². The Morgan fingerprint density at radius 3 is 1.21 bits per heavy atom. The fraction of sp³-hybridized carbons (Fsp3) is 0.857. The number of aliphatic carboxylic acids is 1. The minimum Gasteiger partial charge on any atom is -0.480 e. The van der Waals surface area contributed by atoms with Gasteiger partial charge in [0.1, 0.15) is 0 Å². The largest absolute Gasteiger partial charge is 0.480 e. The summed E-state index contributed by atoms with van der Waals surface area (Å²) < 4.78 is 0. The number of unbranched alkanes of at least 4 members (excludes halogenated alkanes) is 1. The molecule has 0 fully saturated rings. The van der Waals surface area contributed by atoms with Crippen LogP contribution in [0.5, 0.6) is 0 Å². The second kappa shape index (κ2) is 27.0. The Morgan fingerprint density at radius 2 is 0.905 bits per heavy atom. The maximum absolute atomic E-state index is 11.0. The van der Waals surface area contributed by atoms with E-state index in [1.54, 1.807) is 21.1 Å². The van der Waals surface area contributed by atoms with E-state index in [1.807, 2.05) is 33.1 Å². The van der Waals surface area contributed by atoms with Crippen LogP contribution in [0.1, 0.15) is 38.5 Å². The van der Waals surface area contributed by atoms with Crippen molar-refractivity contribution in [1.82, 2.24) is 46.6 Å². The predicted octanol–water partition coefficient (Wildman–Crippen LogP) is -0.668. The van der Waals surface area contributed by atoms with E-state index in [0.29, 0.717) is 0 Å². The highest BCUT2D eigenvalue weighted by Crippen LogP contribution is 2.04. The van der Waals surface area contributed by atoms with Gasteiger partial charge in [0, 0.05) is 61.9 Å². The number of aliphatic imine (C=N–C) groups is 3. The number of nitrogens with one attached hydrogen (secondary N) is 6. The molecule has 0 heterocycles. The van der Waals surface area contributed by atoms with Gasteiger partial charge in [0.05, 0.1) is 6.54 Å². The predicted molar refractivity (Wildman–Crippen MR) is 177 cm³/mol. The second-order valence-electron chi connectivity index (χ2n) is 10.2. The molecule has 0 saturated carbocycles. The van der Waals surface area contributed by atoms with Crippen molar-refractivity contribution in [2.24, 2.45) is 15.0 Å². The van der Waals surface area contributed by atoms with Crippen LogP contribution in [-0.2, 0) is 4.79 Å². The van der Waals surface area contributed by atoms with Crippen molar-refractivity contribution in [1.29, 1.82) is 0 Å². The number of hydrogen-bond acceptors (Lipinski definition) is 7. The van der Waals surface area contributed by atoms with Gasteiger partial charge in [0.15, 0.2) is 17.9 Å². The van der Waals surface area contributed by atoms with E-state index in [-0.39, 0.29) is 6.54 Å². The third kappa shape index (κ3) is 21.8. The molecule has 0 atom stereocenters. The highest BCUT2D eigenvalue weighted by Gasteiger charge is 2.10. The molecule has 14 nitrogen and oxygen atoms in total. The van der Waals surface area contributed by atoms with E-state index in [1.165, 1.54) is 0 Å². The monoisotopic (exact) mass is 599 g/mol. The molecule has 0 radical (unpaired) electrons. The number of guanidine groups is 3. The Labute approximate surface area is 255 Å². The van der Waals surface area contributed by atoms with Crippen LogP contribution in [-0.4, -0.2) is 165 Å². The summed E-state index contributed by atoms with van der Waals surface area (Å²) in [6.07, 6.45) is 6.32. The molecule has 0 amide bonds. The normalized spacial score (nSPS) is 12.7. The third-order valence-corrected chi connectivity index (χ3v) is 6.83. The Balaban J connectivity index is 4.82. The Kier molecular flexibility index (Phi) is 25.2. The molecule has 0 aliphatic rings. The number of nitrogens with zero attached hydrogens (tertiary/aromatic N) is 6. The van der Waals surface area contributed by atoms with Gasteiger partial charge in [-0.05, 0) is 91.4 Å². The van der Waals surface area contributed by atoms with Crippen LogP contribution in [0.25, 0.3) is 0 Å². The van der Waals surface area contributed by atoms with Gasteiger partial charge >= 0.3 is 5.97 Å². The summed E-state index contributed by atoms with van der Waals surface area (Å²) in [4.78, 5) is 30.5. The summed E-state index contributed by atoms with van der Waals surface area (Å²) in [7, 11) is 12.8. The van der Waals surface area contributed by atoms with Gasteiger partial charge < -0.3 is 46.8 Å². The molecule has 0 spiro atoms. The lowest BCUT2D eigenvalue weighted by atomic mass is 10.2. The van der Waals surface area contributed by atoms with Gasteiger partial charge in [-0.3, -0.25) is 24.7 Å². The molecule has 0 rings (SSSR count). The van der Waals surface area contributed by atoms with Gasteiger partial charge in [-0.15, -0.1) is 0 Å². The molecular formula is C28H62N12O2. The molecule has 42 heavy (non-hydrogen) atoms. The number of carboxylic acid groups (broad SMARTS) is 1. The summed E-state index contributed by atoms with van der Waals surface area (Å²) in [5.41, 5.74) is 0. The van der Waals surface area contributed by atoms with Crippen LogP contribution in [0.15, 0.2) is 15.0 Å². The van der Waals surface area contributed by atoms with Crippen LogP contribution in [0, 0.1) is 0 Å². The molecule has 0 aliphatic carbocycles. The molecule has 0 aromatic rings. The van der Waals surface area contributed by atoms with Crippen molar-refractivity contribution in [2.45, 2.75) is 38.5 Å². The molecule has 0 aromatic carbocycles. The van der Waals surface area contributed by atoms with E-state index < -0.39 is 5.97 Å². The minimum absolute atomic E-state index is 0.0803. The van der Waals surface area contributed by atoms with Crippen molar-refractivity contribution in [3.8, 4) is 0 Å². The average molecular weight is 599 g/mol. The first-order valence-electron chi connectivity index (χ1n) is 15.3. The summed E-state index contributed by atoms with van der Waals surface area (Å²) in [5, 5.41) is 28.3. The molecule has 246 valence electrons. The molecular weight excluding hydrogens is 536 g/mol. The first-order chi connectivity index (χ1) is 20.3. The van der Waals surface area contributed by atoms with Crippen LogP contribution < -0.4 is 31.9 Å². The number of likely N-dealkylation sites (N-methyl/N-ethyl adjacent to an activating group) is 1. The molecule has 0 unspecified atom stereocenters. The smallest absolute Gasteiger partial charge is 0.317 e. The standard InChI is InChI=1S/C28H62N12O2/c1-29-26(30-2)35-14-10-20-39(21-11-15-36-27(31-3)32-4)18-8-9-19-40(22-12-16-37-28(33-5)34-6)23-13-17-38(7)24-25(41)42/h8-24H2,1-7H3,(H,41,42)(H2,29,30,35)(H2,31,32,36)(H2,33,34,37). The Hall–Kier alpha value is -2.84. The SMILES string of the molecule is CN=C(NC)NCCCN(CCCCN(CCCNC(=NC)NC)CCCN(C)CC(=O)O)CCCNC(=NC)NC. The maximum Gasteiger partial charge on any atom is 0.317 e. The topological polar surface area (TPSA) is 156 Å². The molecule has 0 bridgehead atoms. The first-order valence-corrected chi connectivity index (χ1v) is 15.3. The Bertz CT molecular complexity index is 735. The summed E-state index contributed by atoms with van der Waals surface area (Å²) in [6.45, 7) is 9.61. The number of hydrogen-bond donors (Lipinski definition) is 7. The van der Waals surface area contributed by atoms with Gasteiger partial charge in [0.2, 0.25) is 0 Å². The van der Waals surface area contributed by atoms with Gasteiger partial charge in [-0.2, -0.15) is 0 Å². The van der Waals surface area contributed by atoms with Gasteiger partial charge in [0.25, 0.3) is 0 Å². The third-order valence-electron chi connectivity index (χ3n) is 6.83. The molecule has 7 N–H and O–H groups in total. The lowest BCUT2D eigenvalue weighted by molar-refractivity contribution is -0.138. The lowest BCUT2D eigenvalue weighted by Gasteiger charge is -2.26. The zero-order valence-electron chi connectivity index (χ0n) is 27.6. The lowest BCUT2D eigenvalue weighted by Crippen LogP contribution is -2.38. The highest BCUT2D eigenvalue weighted by molar-refractivity contribution is 5.79. The molecule has 0 aromatic heterocycles. The van der Waals surface area contributed by atoms with Crippen molar-refractivity contribution >= 4 is 23.8 Å².